The van der Waals surface area contributed by atoms with E-state index in [-0.39, 0.29) is 25.5 Å². The molecule has 166 valence electrons. The largest absolute Gasteiger partial charge is 0.480 e. The predicted octanol–water partition coefficient (Wildman–Crippen LogP) is 5.03. The number of carboxylic acid groups (broad SMARTS) is 1. The van der Waals surface area contributed by atoms with E-state index in [1.807, 2.05) is 48.5 Å². The highest BCUT2D eigenvalue weighted by atomic mass is 16.5. The number of amides is 1. The van der Waals surface area contributed by atoms with Crippen LogP contribution in [0.5, 0.6) is 0 Å². The van der Waals surface area contributed by atoms with Crippen molar-refractivity contribution in [3.8, 4) is 11.1 Å². The van der Waals surface area contributed by atoms with Crippen molar-refractivity contribution in [2.75, 3.05) is 6.61 Å². The Labute approximate surface area is 190 Å². The second kappa shape index (κ2) is 9.89. The van der Waals surface area contributed by atoms with E-state index in [1.165, 1.54) is 0 Å². The minimum absolute atomic E-state index is 0.0731. The fourth-order valence-corrected chi connectivity index (χ4v) is 4.19. The fraction of sp³-hybridized carbons (Fsp3) is 0.200. The number of hydrogen-bond acceptors (Lipinski definition) is 4. The van der Waals surface area contributed by atoms with E-state index in [2.05, 4.69) is 15.3 Å². The number of benzene rings is 3. The predicted molar refractivity (Wildman–Crippen MR) is 123 cm³/mol. The van der Waals surface area contributed by atoms with Crippen molar-refractivity contribution in [3.05, 3.63) is 105 Å². The smallest absolute Gasteiger partial charge is 0.407 e. The van der Waals surface area contributed by atoms with Gasteiger partial charge in [0, 0.05) is 17.3 Å². The molecule has 0 aliphatic heterocycles. The number of carbonyl (C=O) groups is 2. The number of ether oxygens (including phenoxy) is 1. The van der Waals surface area contributed by atoms with Crippen molar-refractivity contribution in [1.82, 2.24) is 5.32 Å². The SMILES string of the molecule is [N-]=[N+]=NCc1cccc(CC(NC(=O)OCC2c3ccccc3-c3ccccc32)C(=O)O)c1. The number of alkyl carbamates (subject to hydrolysis) is 1. The third-order valence-corrected chi connectivity index (χ3v) is 5.68. The number of carboxylic acids is 1. The first-order valence-electron chi connectivity index (χ1n) is 10.5. The summed E-state index contributed by atoms with van der Waals surface area (Å²) < 4.78 is 5.47. The molecule has 0 spiro atoms. The quantitative estimate of drug-likeness (QED) is 0.288. The van der Waals surface area contributed by atoms with Crippen molar-refractivity contribution < 1.29 is 19.4 Å². The van der Waals surface area contributed by atoms with E-state index in [4.69, 9.17) is 10.3 Å². The van der Waals surface area contributed by atoms with Crippen molar-refractivity contribution in [2.45, 2.75) is 24.9 Å². The molecule has 4 rings (SSSR count). The second-order valence-corrected chi connectivity index (χ2v) is 7.77. The normalized spacial score (nSPS) is 12.7. The Bertz CT molecular complexity index is 1190. The summed E-state index contributed by atoms with van der Waals surface area (Å²) in [6.45, 7) is 0.274. The first-order chi connectivity index (χ1) is 16.1. The zero-order chi connectivity index (χ0) is 23.2. The van der Waals surface area contributed by atoms with E-state index in [1.54, 1.807) is 24.3 Å². The Hall–Kier alpha value is -4.29. The Morgan fingerprint density at radius 2 is 1.64 bits per heavy atom. The van der Waals surface area contributed by atoms with Crippen LogP contribution in [0, 0.1) is 0 Å². The number of azide groups is 1. The van der Waals surface area contributed by atoms with Gasteiger partial charge in [0.15, 0.2) is 0 Å². The van der Waals surface area contributed by atoms with E-state index < -0.39 is 18.1 Å². The lowest BCUT2D eigenvalue weighted by molar-refractivity contribution is -0.139. The lowest BCUT2D eigenvalue weighted by atomic mass is 9.98. The average molecular weight is 442 g/mol. The number of fused-ring (bicyclic) bond motifs is 3. The van der Waals surface area contributed by atoms with Gasteiger partial charge in [-0.2, -0.15) is 0 Å². The summed E-state index contributed by atoms with van der Waals surface area (Å²) in [5, 5.41) is 15.6. The summed E-state index contributed by atoms with van der Waals surface area (Å²) in [7, 11) is 0. The maximum Gasteiger partial charge on any atom is 0.407 e. The van der Waals surface area contributed by atoms with Crippen LogP contribution in [0.1, 0.15) is 28.2 Å². The summed E-state index contributed by atoms with van der Waals surface area (Å²) in [6, 6.07) is 21.9. The van der Waals surface area contributed by atoms with Crippen LogP contribution in [0.15, 0.2) is 77.9 Å². The summed E-state index contributed by atoms with van der Waals surface area (Å²) in [4.78, 5) is 27.0. The number of carbonyl (C=O) groups excluding carboxylic acids is 1. The fourth-order valence-electron chi connectivity index (χ4n) is 4.19. The zero-order valence-electron chi connectivity index (χ0n) is 17.7. The van der Waals surface area contributed by atoms with Gasteiger partial charge in [0.05, 0.1) is 6.54 Å². The number of rotatable bonds is 8. The minimum atomic E-state index is -1.16. The topological polar surface area (TPSA) is 124 Å². The van der Waals surface area contributed by atoms with Gasteiger partial charge in [0.25, 0.3) is 0 Å². The third kappa shape index (κ3) is 4.97. The van der Waals surface area contributed by atoms with Crippen LogP contribution in [0.3, 0.4) is 0 Å². The summed E-state index contributed by atoms with van der Waals surface area (Å²) in [5.41, 5.74) is 14.3. The van der Waals surface area contributed by atoms with E-state index in [9.17, 15) is 14.7 Å². The molecule has 0 fully saturated rings. The molecule has 0 bridgehead atoms. The van der Waals surface area contributed by atoms with Gasteiger partial charge in [-0.1, -0.05) is 77.9 Å². The molecule has 0 saturated carbocycles. The lowest BCUT2D eigenvalue weighted by Gasteiger charge is -2.18. The van der Waals surface area contributed by atoms with Gasteiger partial charge in [0.1, 0.15) is 12.6 Å². The van der Waals surface area contributed by atoms with E-state index in [0.717, 1.165) is 27.8 Å². The monoisotopic (exact) mass is 442 g/mol. The molecule has 1 atom stereocenters. The number of hydrogen-bond donors (Lipinski definition) is 2. The molecule has 1 aliphatic rings. The number of nitrogens with one attached hydrogen (secondary N) is 1. The van der Waals surface area contributed by atoms with Crippen molar-refractivity contribution in [2.24, 2.45) is 5.11 Å². The minimum Gasteiger partial charge on any atom is -0.480 e. The van der Waals surface area contributed by atoms with E-state index >= 15 is 0 Å². The van der Waals surface area contributed by atoms with Crippen molar-refractivity contribution in [3.63, 3.8) is 0 Å². The lowest BCUT2D eigenvalue weighted by Crippen LogP contribution is -2.42. The van der Waals surface area contributed by atoms with Gasteiger partial charge in [-0.05, 0) is 38.9 Å². The van der Waals surface area contributed by atoms with Gasteiger partial charge in [-0.3, -0.25) is 0 Å². The first kappa shape index (κ1) is 21.9. The van der Waals surface area contributed by atoms with Gasteiger partial charge in [0.2, 0.25) is 0 Å². The second-order valence-electron chi connectivity index (χ2n) is 7.77. The van der Waals surface area contributed by atoms with Gasteiger partial charge >= 0.3 is 12.1 Å². The molecular weight excluding hydrogens is 420 g/mol. The molecule has 8 nitrogen and oxygen atoms in total. The summed E-state index contributed by atoms with van der Waals surface area (Å²) in [5.74, 6) is -1.27. The summed E-state index contributed by atoms with van der Waals surface area (Å²) in [6.07, 6.45) is -0.710. The Balaban J connectivity index is 1.41. The molecule has 0 saturated heterocycles. The van der Waals surface area contributed by atoms with Crippen LogP contribution in [0.4, 0.5) is 4.79 Å². The molecule has 3 aromatic carbocycles. The molecule has 2 N–H and O–H groups in total. The molecule has 0 radical (unpaired) electrons. The molecule has 1 unspecified atom stereocenters. The Morgan fingerprint density at radius 1 is 1.00 bits per heavy atom. The maximum absolute atomic E-state index is 12.5. The van der Waals surface area contributed by atoms with Crippen LogP contribution >= 0.6 is 0 Å². The third-order valence-electron chi connectivity index (χ3n) is 5.68. The van der Waals surface area contributed by atoms with Crippen molar-refractivity contribution in [1.29, 1.82) is 0 Å². The Kier molecular flexibility index (Phi) is 6.57. The molecule has 1 aliphatic carbocycles. The molecule has 33 heavy (non-hydrogen) atoms. The van der Waals surface area contributed by atoms with Gasteiger partial charge in [-0.25, -0.2) is 9.59 Å². The van der Waals surface area contributed by atoms with Gasteiger partial charge < -0.3 is 15.2 Å². The van der Waals surface area contributed by atoms with Crippen LogP contribution in [0.2, 0.25) is 0 Å². The Morgan fingerprint density at radius 3 is 2.27 bits per heavy atom. The highest BCUT2D eigenvalue weighted by Gasteiger charge is 2.29. The highest BCUT2D eigenvalue weighted by Crippen LogP contribution is 2.44. The zero-order valence-corrected chi connectivity index (χ0v) is 17.7. The van der Waals surface area contributed by atoms with Crippen LogP contribution < -0.4 is 5.32 Å². The van der Waals surface area contributed by atoms with Crippen LogP contribution in [-0.2, 0) is 22.5 Å². The number of aliphatic carboxylic acids is 1. The van der Waals surface area contributed by atoms with Crippen LogP contribution in [0.25, 0.3) is 21.6 Å². The molecule has 0 aromatic heterocycles. The molecule has 0 heterocycles. The molecule has 1 amide bonds. The van der Waals surface area contributed by atoms with E-state index in [0.29, 0.717) is 5.56 Å². The number of nitrogens with zero attached hydrogens (tertiary/aromatic N) is 3. The average Bonchev–Trinajstić information content (AvgIpc) is 3.15. The molecule has 3 aromatic rings. The van der Waals surface area contributed by atoms with Gasteiger partial charge in [-0.15, -0.1) is 0 Å². The summed E-state index contributed by atoms with van der Waals surface area (Å²) >= 11 is 0. The maximum atomic E-state index is 12.5. The van der Waals surface area contributed by atoms with Crippen molar-refractivity contribution >= 4 is 12.1 Å². The standard InChI is InChI=1S/C25H22N4O4/c26-29-27-14-17-7-5-6-16(12-17)13-23(24(30)31)28-25(32)33-15-22-20-10-3-1-8-18(20)19-9-2-4-11-21(19)22/h1-12,22-23H,13-15H2,(H,28,32)(H,30,31). The molecule has 8 heteroatoms. The highest BCUT2D eigenvalue weighted by molar-refractivity contribution is 5.81. The first-order valence-corrected chi connectivity index (χ1v) is 10.5. The molecular formula is C25H22N4O4. The van der Waals surface area contributed by atoms with Crippen LogP contribution in [-0.4, -0.2) is 29.8 Å².